The third-order valence-electron chi connectivity index (χ3n) is 4.29. The van der Waals surface area contributed by atoms with Crippen LogP contribution < -0.4 is 4.74 Å². The van der Waals surface area contributed by atoms with Gasteiger partial charge < -0.3 is 9.30 Å². The molecule has 0 saturated heterocycles. The number of hydrogen-bond acceptors (Lipinski definition) is 4. The fourth-order valence-corrected chi connectivity index (χ4v) is 3.43. The molecule has 0 fully saturated rings. The highest BCUT2D eigenvalue weighted by Gasteiger charge is 2.16. The van der Waals surface area contributed by atoms with Crippen molar-refractivity contribution in [1.29, 1.82) is 0 Å². The van der Waals surface area contributed by atoms with Crippen LogP contribution in [0, 0.1) is 5.82 Å². The van der Waals surface area contributed by atoms with Gasteiger partial charge in [-0.05, 0) is 42.8 Å². The number of sulfone groups is 1. The minimum absolute atomic E-state index is 0.0860. The maximum Gasteiger partial charge on any atom is 0.175 e. The highest BCUT2D eigenvalue weighted by Crippen LogP contribution is 2.29. The number of ether oxygens (including phenoxy) is 1. The smallest absolute Gasteiger partial charge is 0.175 e. The van der Waals surface area contributed by atoms with Crippen LogP contribution in [0.4, 0.5) is 4.39 Å². The van der Waals surface area contributed by atoms with Gasteiger partial charge in [-0.1, -0.05) is 12.1 Å². The summed E-state index contributed by atoms with van der Waals surface area (Å²) < 4.78 is 43.9. The molecule has 1 heterocycles. The van der Waals surface area contributed by atoms with Crippen molar-refractivity contribution in [1.82, 2.24) is 9.55 Å². The van der Waals surface area contributed by atoms with E-state index in [4.69, 9.17) is 4.74 Å². The summed E-state index contributed by atoms with van der Waals surface area (Å²) >= 11 is 0. The SMILES string of the molecule is COc1cc(-c2nccn2C(C)c2ccc(S(C)(=O)=O)cc2)ccc1F. The summed E-state index contributed by atoms with van der Waals surface area (Å²) in [5.74, 6) is 0.393. The Balaban J connectivity index is 1.97. The summed E-state index contributed by atoms with van der Waals surface area (Å²) in [5, 5.41) is 0. The van der Waals surface area contributed by atoms with Crippen LogP contribution in [0.3, 0.4) is 0 Å². The third-order valence-corrected chi connectivity index (χ3v) is 5.41. The summed E-state index contributed by atoms with van der Waals surface area (Å²) in [6, 6.07) is 11.3. The second kappa shape index (κ2) is 6.92. The van der Waals surface area contributed by atoms with Gasteiger partial charge >= 0.3 is 0 Å². The molecule has 0 spiro atoms. The van der Waals surface area contributed by atoms with E-state index in [1.165, 1.54) is 19.4 Å². The molecule has 0 bridgehead atoms. The second-order valence-electron chi connectivity index (χ2n) is 6.02. The fraction of sp³-hybridized carbons (Fsp3) is 0.211. The zero-order chi connectivity index (χ0) is 18.9. The molecule has 0 N–H and O–H groups in total. The van der Waals surface area contributed by atoms with Crippen LogP contribution >= 0.6 is 0 Å². The Morgan fingerprint density at radius 2 is 1.85 bits per heavy atom. The number of nitrogens with zero attached hydrogens (tertiary/aromatic N) is 2. The van der Waals surface area contributed by atoms with E-state index in [1.807, 2.05) is 17.7 Å². The number of halogens is 1. The Hall–Kier alpha value is -2.67. The average Bonchev–Trinajstić information content (AvgIpc) is 3.10. The Labute approximate surface area is 152 Å². The number of imidazole rings is 1. The molecule has 1 atom stereocenters. The molecule has 7 heteroatoms. The van der Waals surface area contributed by atoms with Gasteiger partial charge in [0.2, 0.25) is 0 Å². The van der Waals surface area contributed by atoms with Gasteiger partial charge in [0.1, 0.15) is 5.82 Å². The molecule has 2 aromatic carbocycles. The lowest BCUT2D eigenvalue weighted by Crippen LogP contribution is -2.08. The molecule has 0 radical (unpaired) electrons. The topological polar surface area (TPSA) is 61.2 Å². The quantitative estimate of drug-likeness (QED) is 0.683. The molecular weight excluding hydrogens is 355 g/mol. The van der Waals surface area contributed by atoms with Gasteiger partial charge in [-0.25, -0.2) is 17.8 Å². The largest absolute Gasteiger partial charge is 0.494 e. The molecule has 0 saturated carbocycles. The molecule has 0 aliphatic heterocycles. The van der Waals surface area contributed by atoms with E-state index in [1.54, 1.807) is 42.6 Å². The van der Waals surface area contributed by atoms with Gasteiger partial charge in [0, 0.05) is 24.2 Å². The standard InChI is InChI=1S/C19H19FN2O3S/c1-13(14-4-7-16(8-5-14)26(3,23)24)22-11-10-21-19(22)15-6-9-17(20)18(12-15)25-2/h4-13H,1-3H3. The molecule has 0 aliphatic carbocycles. The monoisotopic (exact) mass is 374 g/mol. The van der Waals surface area contributed by atoms with E-state index >= 15 is 0 Å². The lowest BCUT2D eigenvalue weighted by molar-refractivity contribution is 0.386. The third kappa shape index (κ3) is 3.48. The summed E-state index contributed by atoms with van der Waals surface area (Å²) in [5.41, 5.74) is 1.67. The molecule has 3 aromatic rings. The molecule has 3 rings (SSSR count). The first-order valence-corrected chi connectivity index (χ1v) is 9.87. The zero-order valence-electron chi connectivity index (χ0n) is 14.7. The van der Waals surface area contributed by atoms with Crippen molar-refractivity contribution in [3.05, 3.63) is 66.2 Å². The molecular formula is C19H19FN2O3S. The number of benzene rings is 2. The van der Waals surface area contributed by atoms with E-state index in [2.05, 4.69) is 4.98 Å². The molecule has 0 aliphatic rings. The molecule has 1 unspecified atom stereocenters. The summed E-state index contributed by atoms with van der Waals surface area (Å²) in [4.78, 5) is 4.66. The number of methoxy groups -OCH3 is 1. The van der Waals surface area contributed by atoms with Gasteiger partial charge in [0.25, 0.3) is 0 Å². The summed E-state index contributed by atoms with van der Waals surface area (Å²) in [7, 11) is -1.81. The minimum Gasteiger partial charge on any atom is -0.494 e. The van der Waals surface area contributed by atoms with Gasteiger partial charge in [-0.15, -0.1) is 0 Å². The van der Waals surface area contributed by atoms with E-state index in [0.29, 0.717) is 5.82 Å². The van der Waals surface area contributed by atoms with Crippen molar-refractivity contribution in [2.75, 3.05) is 13.4 Å². The Bertz CT molecular complexity index is 1030. The van der Waals surface area contributed by atoms with E-state index in [-0.39, 0.29) is 16.7 Å². The van der Waals surface area contributed by atoms with E-state index < -0.39 is 15.7 Å². The van der Waals surface area contributed by atoms with Crippen molar-refractivity contribution in [3.63, 3.8) is 0 Å². The van der Waals surface area contributed by atoms with Crippen LogP contribution in [0.1, 0.15) is 18.5 Å². The molecule has 26 heavy (non-hydrogen) atoms. The van der Waals surface area contributed by atoms with Crippen molar-refractivity contribution in [2.24, 2.45) is 0 Å². The predicted octanol–water partition coefficient (Wildman–Crippen LogP) is 3.71. The highest BCUT2D eigenvalue weighted by molar-refractivity contribution is 7.90. The molecule has 0 amide bonds. The first-order chi connectivity index (χ1) is 12.3. The minimum atomic E-state index is -3.23. The van der Waals surface area contributed by atoms with Crippen LogP contribution in [-0.4, -0.2) is 31.3 Å². The first kappa shape index (κ1) is 18.1. The van der Waals surface area contributed by atoms with Gasteiger partial charge in [-0.3, -0.25) is 0 Å². The molecule has 5 nitrogen and oxygen atoms in total. The maximum absolute atomic E-state index is 13.7. The predicted molar refractivity (Wildman–Crippen MR) is 97.5 cm³/mol. The van der Waals surface area contributed by atoms with E-state index in [9.17, 15) is 12.8 Å². The fourth-order valence-electron chi connectivity index (χ4n) is 2.80. The van der Waals surface area contributed by atoms with Crippen molar-refractivity contribution < 1.29 is 17.5 Å². The Kier molecular flexibility index (Phi) is 4.82. The maximum atomic E-state index is 13.7. The second-order valence-corrected chi connectivity index (χ2v) is 8.04. The van der Waals surface area contributed by atoms with E-state index in [0.717, 1.165) is 11.1 Å². The van der Waals surface area contributed by atoms with Crippen molar-refractivity contribution >= 4 is 9.84 Å². The molecule has 1 aromatic heterocycles. The van der Waals surface area contributed by atoms with Crippen LogP contribution in [0.25, 0.3) is 11.4 Å². The number of rotatable bonds is 5. The van der Waals surface area contributed by atoms with Crippen LogP contribution in [-0.2, 0) is 9.84 Å². The average molecular weight is 374 g/mol. The highest BCUT2D eigenvalue weighted by atomic mass is 32.2. The number of aromatic nitrogens is 2. The van der Waals surface area contributed by atoms with Crippen LogP contribution in [0.15, 0.2) is 59.8 Å². The lowest BCUT2D eigenvalue weighted by Gasteiger charge is -2.17. The normalized spacial score (nSPS) is 12.8. The molecule has 136 valence electrons. The van der Waals surface area contributed by atoms with Crippen LogP contribution in [0.5, 0.6) is 5.75 Å². The lowest BCUT2D eigenvalue weighted by atomic mass is 10.1. The van der Waals surface area contributed by atoms with Crippen molar-refractivity contribution in [2.45, 2.75) is 17.9 Å². The first-order valence-electron chi connectivity index (χ1n) is 7.98. The van der Waals surface area contributed by atoms with Gasteiger partial charge in [0.05, 0.1) is 18.0 Å². The van der Waals surface area contributed by atoms with Gasteiger partial charge in [0.15, 0.2) is 21.4 Å². The summed E-state index contributed by atoms with van der Waals surface area (Å²) in [6.07, 6.45) is 4.69. The Morgan fingerprint density at radius 3 is 2.46 bits per heavy atom. The van der Waals surface area contributed by atoms with Crippen LogP contribution in [0.2, 0.25) is 0 Å². The Morgan fingerprint density at radius 1 is 1.15 bits per heavy atom. The van der Waals surface area contributed by atoms with Crippen molar-refractivity contribution in [3.8, 4) is 17.1 Å². The van der Waals surface area contributed by atoms with Gasteiger partial charge in [-0.2, -0.15) is 0 Å². The zero-order valence-corrected chi connectivity index (χ0v) is 15.5. The number of hydrogen-bond donors (Lipinski definition) is 0. The summed E-state index contributed by atoms with van der Waals surface area (Å²) in [6.45, 7) is 1.99.